The highest BCUT2D eigenvalue weighted by Gasteiger charge is 2.23. The van der Waals surface area contributed by atoms with Crippen molar-refractivity contribution in [3.63, 3.8) is 0 Å². The molecule has 2 rings (SSSR count). The first-order valence-corrected chi connectivity index (χ1v) is 6.49. The smallest absolute Gasteiger partial charge is 0.222 e. The van der Waals surface area contributed by atoms with E-state index >= 15 is 0 Å². The molecule has 0 aromatic rings. The van der Waals surface area contributed by atoms with E-state index in [9.17, 15) is 4.79 Å². The lowest BCUT2D eigenvalue weighted by molar-refractivity contribution is -0.132. The molecule has 3 N–H and O–H groups in total. The number of nitrogens with zero attached hydrogens (tertiary/aromatic N) is 2. The Hall–Kier alpha value is -1.26. The molecule has 1 atom stereocenters. The molecular weight excluding hydrogens is 216 g/mol. The molecule has 2 fully saturated rings. The third-order valence-electron chi connectivity index (χ3n) is 3.63. The molecule has 1 saturated carbocycles. The van der Waals surface area contributed by atoms with Gasteiger partial charge in [0.25, 0.3) is 0 Å². The van der Waals surface area contributed by atoms with Gasteiger partial charge in [0.05, 0.1) is 6.04 Å². The molecule has 1 unspecified atom stereocenters. The van der Waals surface area contributed by atoms with E-state index in [4.69, 9.17) is 5.73 Å². The number of carbonyl (C=O) groups excluding carboxylic acids is 1. The second-order valence-electron chi connectivity index (χ2n) is 5.11. The summed E-state index contributed by atoms with van der Waals surface area (Å²) in [4.78, 5) is 17.6. The number of nitrogens with two attached hydrogens (primary N) is 1. The molecule has 1 aliphatic heterocycles. The number of likely N-dealkylation sites (tertiary alicyclic amines) is 1. The molecule has 0 spiro atoms. The molecule has 17 heavy (non-hydrogen) atoms. The van der Waals surface area contributed by atoms with Crippen LogP contribution < -0.4 is 11.1 Å². The summed E-state index contributed by atoms with van der Waals surface area (Å²) in [5.41, 5.74) is 5.90. The summed E-state index contributed by atoms with van der Waals surface area (Å²) in [5, 5.41) is 3.23. The fourth-order valence-corrected chi connectivity index (χ4v) is 2.61. The standard InChI is InChI=1S/C12H22N4O/c1-16-8-10(6-7-11(16)17)15-12(13)14-9-4-2-3-5-9/h9-10H,2-8H2,1H3,(H3,13,14,15). The zero-order chi connectivity index (χ0) is 12.3. The van der Waals surface area contributed by atoms with Crippen LogP contribution in [0.2, 0.25) is 0 Å². The van der Waals surface area contributed by atoms with Gasteiger partial charge in [-0.1, -0.05) is 12.8 Å². The van der Waals surface area contributed by atoms with E-state index in [0.29, 0.717) is 18.4 Å². The number of amides is 1. The molecule has 1 aliphatic carbocycles. The second kappa shape index (κ2) is 5.38. The number of guanidine groups is 1. The van der Waals surface area contributed by atoms with Gasteiger partial charge >= 0.3 is 0 Å². The van der Waals surface area contributed by atoms with E-state index in [1.54, 1.807) is 4.90 Å². The molecule has 0 bridgehead atoms. The summed E-state index contributed by atoms with van der Waals surface area (Å²) in [6.07, 6.45) is 6.30. The van der Waals surface area contributed by atoms with Gasteiger partial charge in [-0.15, -0.1) is 0 Å². The maximum Gasteiger partial charge on any atom is 0.222 e. The van der Waals surface area contributed by atoms with Crippen LogP contribution in [-0.4, -0.2) is 42.4 Å². The Labute approximate surface area is 102 Å². The van der Waals surface area contributed by atoms with Crippen molar-refractivity contribution in [1.29, 1.82) is 0 Å². The van der Waals surface area contributed by atoms with Crippen molar-refractivity contribution in [3.8, 4) is 0 Å². The number of piperidine rings is 1. The molecule has 0 aromatic carbocycles. The Morgan fingerprint density at radius 2 is 2.12 bits per heavy atom. The normalized spacial score (nSPS) is 27.6. The lowest BCUT2D eigenvalue weighted by atomic mass is 10.1. The number of hydrogen-bond acceptors (Lipinski definition) is 2. The monoisotopic (exact) mass is 238 g/mol. The molecule has 96 valence electrons. The molecule has 1 saturated heterocycles. The average Bonchev–Trinajstić information content (AvgIpc) is 2.76. The van der Waals surface area contributed by atoms with Gasteiger partial charge in [-0.05, 0) is 19.3 Å². The highest BCUT2D eigenvalue weighted by molar-refractivity contribution is 5.80. The summed E-state index contributed by atoms with van der Waals surface area (Å²) >= 11 is 0. The molecule has 0 aromatic heterocycles. The first-order valence-electron chi connectivity index (χ1n) is 6.49. The van der Waals surface area contributed by atoms with Crippen molar-refractivity contribution in [2.24, 2.45) is 10.7 Å². The molecule has 5 heteroatoms. The fraction of sp³-hybridized carbons (Fsp3) is 0.833. The summed E-state index contributed by atoms with van der Waals surface area (Å²) in [5.74, 6) is 0.763. The highest BCUT2D eigenvalue weighted by atomic mass is 16.2. The van der Waals surface area contributed by atoms with Crippen LogP contribution in [0.5, 0.6) is 0 Å². The van der Waals surface area contributed by atoms with Crippen LogP contribution in [0, 0.1) is 0 Å². The number of nitrogens with one attached hydrogen (secondary N) is 1. The molecule has 1 amide bonds. The Morgan fingerprint density at radius 3 is 2.76 bits per heavy atom. The van der Waals surface area contributed by atoms with Crippen molar-refractivity contribution in [2.75, 3.05) is 13.6 Å². The van der Waals surface area contributed by atoms with Gasteiger partial charge in [0.2, 0.25) is 5.91 Å². The Morgan fingerprint density at radius 1 is 1.41 bits per heavy atom. The Bertz CT molecular complexity index is 310. The van der Waals surface area contributed by atoms with E-state index in [-0.39, 0.29) is 11.9 Å². The van der Waals surface area contributed by atoms with Gasteiger partial charge in [-0.3, -0.25) is 9.79 Å². The first-order chi connectivity index (χ1) is 8.15. The van der Waals surface area contributed by atoms with E-state index in [1.807, 2.05) is 7.05 Å². The van der Waals surface area contributed by atoms with Crippen molar-refractivity contribution in [1.82, 2.24) is 10.2 Å². The zero-order valence-electron chi connectivity index (χ0n) is 10.5. The summed E-state index contributed by atoms with van der Waals surface area (Å²) in [6.45, 7) is 0.722. The van der Waals surface area contributed by atoms with Gasteiger partial charge in [0.1, 0.15) is 0 Å². The van der Waals surface area contributed by atoms with Crippen molar-refractivity contribution in [2.45, 2.75) is 50.6 Å². The second-order valence-corrected chi connectivity index (χ2v) is 5.11. The number of aliphatic imine (C=N–C) groups is 1. The highest BCUT2D eigenvalue weighted by Crippen LogP contribution is 2.20. The van der Waals surface area contributed by atoms with Gasteiger partial charge in [0.15, 0.2) is 5.96 Å². The van der Waals surface area contributed by atoms with Crippen LogP contribution in [0.3, 0.4) is 0 Å². The van der Waals surface area contributed by atoms with E-state index in [0.717, 1.165) is 25.8 Å². The quantitative estimate of drug-likeness (QED) is 0.542. The summed E-state index contributed by atoms with van der Waals surface area (Å²) in [7, 11) is 1.83. The molecule has 0 radical (unpaired) electrons. The Kier molecular flexibility index (Phi) is 3.86. The van der Waals surface area contributed by atoms with Crippen LogP contribution in [0.1, 0.15) is 38.5 Å². The minimum Gasteiger partial charge on any atom is -0.370 e. The lowest BCUT2D eigenvalue weighted by Crippen LogP contribution is -2.50. The predicted octanol–water partition coefficient (Wildman–Crippen LogP) is 0.454. The molecule has 2 aliphatic rings. The topological polar surface area (TPSA) is 70.7 Å². The van der Waals surface area contributed by atoms with Gasteiger partial charge in [-0.25, -0.2) is 0 Å². The SMILES string of the molecule is CN1CC(NC(N)=NC2CCCC2)CCC1=O. The largest absolute Gasteiger partial charge is 0.370 e. The summed E-state index contributed by atoms with van der Waals surface area (Å²) in [6, 6.07) is 0.660. The van der Waals surface area contributed by atoms with Crippen LogP contribution in [0.4, 0.5) is 0 Å². The number of carbonyl (C=O) groups is 1. The van der Waals surface area contributed by atoms with Gasteiger partial charge in [-0.2, -0.15) is 0 Å². The van der Waals surface area contributed by atoms with Crippen LogP contribution in [0.15, 0.2) is 4.99 Å². The van der Waals surface area contributed by atoms with Crippen LogP contribution in [0.25, 0.3) is 0 Å². The van der Waals surface area contributed by atoms with E-state index in [1.165, 1.54) is 12.8 Å². The average molecular weight is 238 g/mol. The Balaban J connectivity index is 1.81. The molecule has 5 nitrogen and oxygen atoms in total. The van der Waals surface area contributed by atoms with Crippen molar-refractivity contribution >= 4 is 11.9 Å². The minimum atomic E-state index is 0.217. The van der Waals surface area contributed by atoms with Gasteiger partial charge in [0, 0.05) is 26.1 Å². The van der Waals surface area contributed by atoms with Crippen LogP contribution >= 0.6 is 0 Å². The number of rotatable bonds is 2. The van der Waals surface area contributed by atoms with Crippen LogP contribution in [-0.2, 0) is 4.79 Å². The maximum absolute atomic E-state index is 11.3. The third-order valence-corrected chi connectivity index (χ3v) is 3.63. The van der Waals surface area contributed by atoms with Gasteiger partial charge < -0.3 is 16.0 Å². The van der Waals surface area contributed by atoms with Crippen molar-refractivity contribution < 1.29 is 4.79 Å². The number of likely N-dealkylation sites (N-methyl/N-ethyl adjacent to an activating group) is 1. The maximum atomic E-state index is 11.3. The third kappa shape index (κ3) is 3.35. The number of hydrogen-bond donors (Lipinski definition) is 2. The first kappa shape index (κ1) is 12.2. The van der Waals surface area contributed by atoms with Crippen molar-refractivity contribution in [3.05, 3.63) is 0 Å². The minimum absolute atomic E-state index is 0.217. The molecular formula is C12H22N4O. The zero-order valence-corrected chi connectivity index (χ0v) is 10.5. The van der Waals surface area contributed by atoms with E-state index < -0.39 is 0 Å². The summed E-state index contributed by atoms with van der Waals surface area (Å²) < 4.78 is 0. The fourth-order valence-electron chi connectivity index (χ4n) is 2.61. The predicted molar refractivity (Wildman–Crippen MR) is 67.7 cm³/mol. The van der Waals surface area contributed by atoms with E-state index in [2.05, 4.69) is 10.3 Å². The molecule has 1 heterocycles. The lowest BCUT2D eigenvalue weighted by Gasteiger charge is -2.30.